The first-order valence-corrected chi connectivity index (χ1v) is 32.9. The van der Waals surface area contributed by atoms with Crippen LogP contribution >= 0.6 is 22.7 Å². The third kappa shape index (κ3) is 17.2. The molecule has 2 saturated heterocycles. The maximum absolute atomic E-state index is 14.0. The lowest BCUT2D eigenvalue weighted by atomic mass is 10.0. The number of benzene rings is 4. The Bertz CT molecular complexity index is 3730. The van der Waals surface area contributed by atoms with E-state index in [1.165, 1.54) is 20.7 Å². The lowest BCUT2D eigenvalue weighted by Crippen LogP contribution is -2.46. The van der Waals surface area contributed by atoms with Crippen molar-refractivity contribution >= 4 is 105 Å². The van der Waals surface area contributed by atoms with Crippen LogP contribution in [0.5, 0.6) is 11.5 Å². The highest BCUT2D eigenvalue weighted by Crippen LogP contribution is 2.43. The third-order valence-corrected chi connectivity index (χ3v) is 19.8. The molecule has 8 rings (SSSR count). The predicted molar refractivity (Wildman–Crippen MR) is 320 cm³/mol. The maximum atomic E-state index is 14.0. The second-order valence-corrected chi connectivity index (χ2v) is 27.0. The normalized spacial score (nSPS) is 14.3. The summed E-state index contributed by atoms with van der Waals surface area (Å²) >= 11 is 1.90. The molecule has 4 aromatic carbocycles. The fraction of sp³-hybridized carbons (Fsp3) is 0.327. The summed E-state index contributed by atoms with van der Waals surface area (Å²) in [5.41, 5.74) is 4.39. The van der Waals surface area contributed by atoms with Crippen LogP contribution in [0, 0.1) is 6.92 Å². The monoisotopic (exact) mass is 1250 g/mol. The Balaban J connectivity index is 0.000000241. The van der Waals surface area contributed by atoms with Crippen molar-refractivity contribution in [2.24, 2.45) is 0 Å². The lowest BCUT2D eigenvalue weighted by Gasteiger charge is -2.35. The van der Waals surface area contributed by atoms with Gasteiger partial charge in [0.25, 0.3) is 0 Å². The molecule has 9 N–H and O–H groups in total. The minimum atomic E-state index is -4.05. The van der Waals surface area contributed by atoms with E-state index < -0.39 is 78.9 Å². The van der Waals surface area contributed by atoms with E-state index >= 15 is 0 Å². The number of para-hydroxylation sites is 2. The van der Waals surface area contributed by atoms with Crippen LogP contribution in [0.25, 0.3) is 20.9 Å². The van der Waals surface area contributed by atoms with Crippen molar-refractivity contribution in [2.45, 2.75) is 63.1 Å². The number of carboxylic acids is 4. The largest absolute Gasteiger partial charge is 0.480 e. The summed E-state index contributed by atoms with van der Waals surface area (Å²) in [6.07, 6.45) is 3.24. The Labute approximate surface area is 493 Å². The molecular weight excluding hydrogens is 1190 g/mol. The van der Waals surface area contributed by atoms with Gasteiger partial charge in [-0.2, -0.15) is 0 Å². The van der Waals surface area contributed by atoms with Crippen molar-refractivity contribution in [1.82, 2.24) is 14.9 Å². The summed E-state index contributed by atoms with van der Waals surface area (Å²) in [7, 11) is -11.3. The number of hydrogen-bond acceptors (Lipinski definition) is 17. The minimum absolute atomic E-state index is 0.0156. The van der Waals surface area contributed by atoms with E-state index in [1.54, 1.807) is 80.6 Å². The molecule has 0 saturated carbocycles. The molecular formula is C55H63N7O17S5. The quantitative estimate of drug-likeness (QED) is 0.0284. The number of amides is 2. The molecule has 2 aliphatic heterocycles. The average Bonchev–Trinajstić information content (AvgIpc) is 3.22. The highest BCUT2D eigenvalue weighted by atomic mass is 32.2. The van der Waals surface area contributed by atoms with Crippen molar-refractivity contribution in [1.29, 1.82) is 0 Å². The molecule has 0 bridgehead atoms. The van der Waals surface area contributed by atoms with Gasteiger partial charge in [-0.15, -0.1) is 22.7 Å². The van der Waals surface area contributed by atoms with Crippen LogP contribution in [0.1, 0.15) is 68.6 Å². The van der Waals surface area contributed by atoms with Crippen LogP contribution in [0.3, 0.4) is 0 Å². The number of hydrogen-bond donors (Lipinski definition) is 9. The number of carboxylic acid groups (broad SMARTS) is 4. The second-order valence-electron chi connectivity index (χ2n) is 19.4. The van der Waals surface area contributed by atoms with E-state index in [0.29, 0.717) is 96.2 Å². The fourth-order valence-electron chi connectivity index (χ4n) is 9.43. The summed E-state index contributed by atoms with van der Waals surface area (Å²) in [4.78, 5) is 58.3. The molecule has 29 heteroatoms. The molecule has 0 atom stereocenters. The van der Waals surface area contributed by atoms with Gasteiger partial charge < -0.3 is 51.2 Å². The van der Waals surface area contributed by atoms with Crippen LogP contribution in [-0.4, -0.2) is 144 Å². The molecule has 2 aromatic heterocycles. The Hall–Kier alpha value is -7.80. The van der Waals surface area contributed by atoms with Gasteiger partial charge in [0.2, 0.25) is 30.1 Å². The number of sulfonamides is 3. The first-order valence-electron chi connectivity index (χ1n) is 26.1. The van der Waals surface area contributed by atoms with Crippen molar-refractivity contribution < 1.29 is 79.1 Å². The smallest absolute Gasteiger partial charge is 0.349 e. The van der Waals surface area contributed by atoms with Crippen molar-refractivity contribution in [3.8, 4) is 32.4 Å². The van der Waals surface area contributed by atoms with E-state index in [9.17, 15) is 59.4 Å². The standard InChI is InChI=1S/C29H34N4O8S2.C26H29N3O9S3/c1-3-30-29(38)32-23-10-5-4-7-20(23)17-43(39,40)33-13-11-21(12-14-33)31-22-9-6-8-19(15-22)26-18(2)25(41-16-24(34)35)27(42-26)28(36)37;1-40(34,35)28-21-8-3-2-5-18(21)16-41(36,37)29(19-9-11-27-12-10-19)20-7-4-6-17(13-20)23-14-22(38-15-24(30)31)25(39-23)26(32)33/h4-10,15,21,31H,3,11-14,16-17H2,1-2H3,(H,34,35)(H,36,37)(H2,30,32,38);2-8,13-14,19,27-28H,9-12,15-16H2,1H3,(H,30,31)(H,32,33). The molecule has 0 radical (unpaired) electrons. The number of aliphatic carboxylic acids is 2. The number of piperidine rings is 2. The van der Waals surface area contributed by atoms with E-state index in [2.05, 4.69) is 26.0 Å². The van der Waals surface area contributed by atoms with Crippen LogP contribution in [-0.2, 0) is 51.2 Å². The Morgan fingerprint density at radius 3 is 1.94 bits per heavy atom. The van der Waals surface area contributed by atoms with Crippen LogP contribution < -0.4 is 39.8 Å². The summed E-state index contributed by atoms with van der Waals surface area (Å²) in [5.74, 6) is -5.68. The van der Waals surface area contributed by atoms with Gasteiger partial charge in [-0.05, 0) is 117 Å². The van der Waals surface area contributed by atoms with Gasteiger partial charge in [-0.1, -0.05) is 60.7 Å². The van der Waals surface area contributed by atoms with Gasteiger partial charge in [0.15, 0.2) is 23.0 Å². The fourth-order valence-corrected chi connectivity index (χ4v) is 15.5. The summed E-state index contributed by atoms with van der Waals surface area (Å²) in [6, 6.07) is 27.9. The van der Waals surface area contributed by atoms with Gasteiger partial charge in [-0.25, -0.2) is 53.5 Å². The van der Waals surface area contributed by atoms with Gasteiger partial charge in [0, 0.05) is 58.4 Å². The number of anilines is 4. The molecule has 24 nitrogen and oxygen atoms in total. The number of thiophene rings is 2. The molecule has 2 aliphatic rings. The molecule has 2 amide bonds. The number of nitrogens with one attached hydrogen (secondary N) is 5. The van der Waals surface area contributed by atoms with Crippen molar-refractivity contribution in [2.75, 3.05) is 71.9 Å². The van der Waals surface area contributed by atoms with Gasteiger partial charge in [0.05, 0.1) is 29.1 Å². The number of urea groups is 1. The summed E-state index contributed by atoms with van der Waals surface area (Å²) in [6.45, 7) is 4.47. The predicted octanol–water partition coefficient (Wildman–Crippen LogP) is 7.47. The van der Waals surface area contributed by atoms with E-state index in [1.807, 2.05) is 24.3 Å². The highest BCUT2D eigenvalue weighted by molar-refractivity contribution is 7.92. The maximum Gasteiger partial charge on any atom is 0.349 e. The molecule has 0 unspecified atom stereocenters. The Kier molecular flexibility index (Phi) is 21.4. The third-order valence-electron chi connectivity index (χ3n) is 13.1. The van der Waals surface area contributed by atoms with Crippen molar-refractivity contribution in [3.63, 3.8) is 0 Å². The van der Waals surface area contributed by atoms with E-state index in [-0.39, 0.29) is 50.3 Å². The summed E-state index contributed by atoms with van der Waals surface area (Å²) in [5, 5.41) is 49.1. The number of aromatic carboxylic acids is 2. The number of ether oxygens (including phenoxy) is 2. The minimum Gasteiger partial charge on any atom is -0.480 e. The average molecular weight is 1250 g/mol. The van der Waals surface area contributed by atoms with E-state index in [4.69, 9.17) is 19.7 Å². The molecule has 6 aromatic rings. The Morgan fingerprint density at radius 1 is 0.702 bits per heavy atom. The van der Waals surface area contributed by atoms with E-state index in [0.717, 1.165) is 40.2 Å². The number of carbonyl (C=O) groups excluding carboxylic acids is 1. The van der Waals surface area contributed by atoms with Gasteiger partial charge in [0.1, 0.15) is 11.5 Å². The van der Waals surface area contributed by atoms with Gasteiger partial charge in [-0.3, -0.25) is 9.03 Å². The van der Waals surface area contributed by atoms with Crippen LogP contribution in [0.2, 0.25) is 0 Å². The molecule has 84 heavy (non-hydrogen) atoms. The SMILES string of the molecule is CCNC(=O)Nc1ccccc1CS(=O)(=O)N1CCC(Nc2cccc(-c3sc(C(=O)O)c(OCC(=O)O)c3C)c2)CC1.CS(=O)(=O)Nc1ccccc1CS(=O)(=O)N(c1cccc(-c2cc(OCC(=O)O)c(C(=O)O)s2)c1)C1CCNCC1. The number of rotatable bonds is 24. The molecule has 2 fully saturated rings. The second kappa shape index (κ2) is 28.2. The lowest BCUT2D eigenvalue weighted by molar-refractivity contribution is -0.140. The molecule has 450 valence electrons. The molecule has 4 heterocycles. The highest BCUT2D eigenvalue weighted by Gasteiger charge is 2.34. The number of nitrogens with zero attached hydrogens (tertiary/aromatic N) is 2. The zero-order valence-corrected chi connectivity index (χ0v) is 49.8. The van der Waals surface area contributed by atoms with Crippen molar-refractivity contribution in [3.05, 3.63) is 130 Å². The van der Waals surface area contributed by atoms with Gasteiger partial charge >= 0.3 is 29.9 Å². The van der Waals surface area contributed by atoms with Crippen LogP contribution in [0.4, 0.5) is 27.5 Å². The van der Waals surface area contributed by atoms with Crippen LogP contribution in [0.15, 0.2) is 103 Å². The first-order chi connectivity index (χ1) is 39.8. The molecule has 0 spiro atoms. The zero-order valence-electron chi connectivity index (χ0n) is 45.7. The zero-order chi connectivity index (χ0) is 60.9. The first kappa shape index (κ1) is 63.8. The number of carbonyl (C=O) groups is 5. The Morgan fingerprint density at radius 2 is 1.31 bits per heavy atom. The topological polar surface area (TPSA) is 354 Å². The summed E-state index contributed by atoms with van der Waals surface area (Å²) < 4.78 is 94.1. The molecule has 0 aliphatic carbocycles.